The van der Waals surface area contributed by atoms with Crippen molar-refractivity contribution in [1.29, 1.82) is 0 Å². The molecule has 1 aliphatic rings. The van der Waals surface area contributed by atoms with Crippen molar-refractivity contribution >= 4 is 6.03 Å². The molecule has 0 spiro atoms. The van der Waals surface area contributed by atoms with Gasteiger partial charge in [-0.15, -0.1) is 0 Å². The zero-order valence-electron chi connectivity index (χ0n) is 17.4. The van der Waals surface area contributed by atoms with Crippen LogP contribution in [0.2, 0.25) is 0 Å². The first kappa shape index (κ1) is 23.1. The van der Waals surface area contributed by atoms with E-state index in [1.54, 1.807) is 24.3 Å². The van der Waals surface area contributed by atoms with Crippen molar-refractivity contribution in [3.05, 3.63) is 70.8 Å². The number of benzene rings is 2. The van der Waals surface area contributed by atoms with Crippen molar-refractivity contribution in [2.45, 2.75) is 45.3 Å². The first-order valence-corrected chi connectivity index (χ1v) is 10.4. The van der Waals surface area contributed by atoms with Crippen molar-refractivity contribution in [3.8, 4) is 0 Å². The molecule has 0 radical (unpaired) electrons. The van der Waals surface area contributed by atoms with Gasteiger partial charge in [-0.2, -0.15) is 13.2 Å². The second-order valence-electron chi connectivity index (χ2n) is 7.76. The molecule has 2 aromatic rings. The van der Waals surface area contributed by atoms with E-state index in [9.17, 15) is 18.0 Å². The number of hydrogen-bond acceptors (Lipinski definition) is 3. The average molecular weight is 435 g/mol. The third-order valence-corrected chi connectivity index (χ3v) is 5.06. The molecule has 0 bridgehead atoms. The number of rotatable bonds is 9. The van der Waals surface area contributed by atoms with E-state index in [1.807, 2.05) is 12.1 Å². The predicted octanol–water partition coefficient (Wildman–Crippen LogP) is 4.36. The third kappa shape index (κ3) is 8.59. The highest BCUT2D eigenvalue weighted by atomic mass is 19.4. The first-order valence-electron chi connectivity index (χ1n) is 10.4. The third-order valence-electron chi connectivity index (χ3n) is 5.06. The summed E-state index contributed by atoms with van der Waals surface area (Å²) >= 11 is 0. The van der Waals surface area contributed by atoms with Crippen LogP contribution in [0.5, 0.6) is 0 Å². The summed E-state index contributed by atoms with van der Waals surface area (Å²) in [5.41, 5.74) is 3.80. The van der Waals surface area contributed by atoms with E-state index < -0.39 is 12.8 Å². The maximum Gasteiger partial charge on any atom is 0.411 e. The minimum Gasteiger partial charge on any atom is -0.367 e. The molecule has 0 aromatic heterocycles. The van der Waals surface area contributed by atoms with Gasteiger partial charge in [0, 0.05) is 19.6 Å². The van der Waals surface area contributed by atoms with Gasteiger partial charge in [0.15, 0.2) is 0 Å². The van der Waals surface area contributed by atoms with Crippen LogP contribution in [0.25, 0.3) is 0 Å². The second-order valence-corrected chi connectivity index (χ2v) is 7.76. The van der Waals surface area contributed by atoms with Gasteiger partial charge in [0.2, 0.25) is 0 Å². The Morgan fingerprint density at radius 2 is 1.52 bits per heavy atom. The van der Waals surface area contributed by atoms with Crippen molar-refractivity contribution in [2.24, 2.45) is 0 Å². The minimum absolute atomic E-state index is 0.107. The molecule has 2 amide bonds. The van der Waals surface area contributed by atoms with Crippen LogP contribution in [0, 0.1) is 0 Å². The summed E-state index contributed by atoms with van der Waals surface area (Å²) in [5.74, 6) is 0. The molecule has 0 saturated carbocycles. The maximum atomic E-state index is 12.1. The molecule has 31 heavy (non-hydrogen) atoms. The molecule has 0 aliphatic carbocycles. The van der Waals surface area contributed by atoms with Gasteiger partial charge in [-0.05, 0) is 48.2 Å². The van der Waals surface area contributed by atoms with E-state index in [0.29, 0.717) is 18.7 Å². The van der Waals surface area contributed by atoms with Crippen LogP contribution in [0.15, 0.2) is 48.5 Å². The lowest BCUT2D eigenvalue weighted by Crippen LogP contribution is -2.34. The maximum absolute atomic E-state index is 12.1. The number of halogens is 3. The Hall–Kier alpha value is -2.58. The van der Waals surface area contributed by atoms with E-state index in [2.05, 4.69) is 32.4 Å². The zero-order chi connectivity index (χ0) is 22.1. The van der Waals surface area contributed by atoms with E-state index in [4.69, 9.17) is 0 Å². The van der Waals surface area contributed by atoms with Gasteiger partial charge in [0.05, 0.1) is 6.61 Å². The number of carbonyl (C=O) groups excluding carboxylic acids is 1. The lowest BCUT2D eigenvalue weighted by Gasteiger charge is -2.15. The number of likely N-dealkylation sites (tertiary alicyclic amines) is 1. The molecule has 0 unspecified atom stereocenters. The van der Waals surface area contributed by atoms with Crippen LogP contribution < -0.4 is 10.6 Å². The summed E-state index contributed by atoms with van der Waals surface area (Å²) < 4.78 is 40.9. The molecule has 0 atom stereocenters. The summed E-state index contributed by atoms with van der Waals surface area (Å²) in [7, 11) is 0. The summed E-state index contributed by atoms with van der Waals surface area (Å²) in [4.78, 5) is 14.5. The highest BCUT2D eigenvalue weighted by Crippen LogP contribution is 2.16. The highest BCUT2D eigenvalue weighted by Gasteiger charge is 2.27. The van der Waals surface area contributed by atoms with Crippen LogP contribution in [0.3, 0.4) is 0 Å². The summed E-state index contributed by atoms with van der Waals surface area (Å²) in [5, 5.41) is 5.64. The van der Waals surface area contributed by atoms with Gasteiger partial charge >= 0.3 is 12.2 Å². The number of ether oxygens (including phenoxy) is 1. The van der Waals surface area contributed by atoms with E-state index in [0.717, 1.165) is 30.8 Å². The summed E-state index contributed by atoms with van der Waals surface area (Å²) in [6.07, 6.45) is -1.81. The Morgan fingerprint density at radius 1 is 0.903 bits per heavy atom. The molecule has 5 nitrogen and oxygen atoms in total. The lowest BCUT2D eigenvalue weighted by atomic mass is 10.1. The van der Waals surface area contributed by atoms with Crippen LogP contribution in [-0.4, -0.2) is 36.8 Å². The molecule has 2 aromatic carbocycles. The second kappa shape index (κ2) is 11.2. The fourth-order valence-corrected chi connectivity index (χ4v) is 3.50. The molecule has 168 valence electrons. The van der Waals surface area contributed by atoms with Gasteiger partial charge in [-0.3, -0.25) is 4.90 Å². The van der Waals surface area contributed by atoms with Gasteiger partial charge in [0.25, 0.3) is 0 Å². The molecule has 1 fully saturated rings. The normalized spacial score (nSPS) is 14.5. The number of hydrogen-bond donors (Lipinski definition) is 2. The minimum atomic E-state index is -4.33. The monoisotopic (exact) mass is 435 g/mol. The van der Waals surface area contributed by atoms with Gasteiger partial charge in [-0.25, -0.2) is 4.79 Å². The Kier molecular flexibility index (Phi) is 8.31. The fraction of sp³-hybridized carbons (Fsp3) is 0.435. The number of nitrogens with zero attached hydrogens (tertiary/aromatic N) is 1. The van der Waals surface area contributed by atoms with Gasteiger partial charge in [-0.1, -0.05) is 48.5 Å². The van der Waals surface area contributed by atoms with Crippen molar-refractivity contribution < 1.29 is 22.7 Å². The number of amides is 2. The van der Waals surface area contributed by atoms with Crippen LogP contribution in [0.4, 0.5) is 18.0 Å². The molecular weight excluding hydrogens is 407 g/mol. The Labute approximate surface area is 180 Å². The zero-order valence-corrected chi connectivity index (χ0v) is 17.4. The first-order chi connectivity index (χ1) is 14.9. The standard InChI is InChI=1S/C23H28F3N3O2/c24-23(25,26)17-31-16-19-8-6-18(7-9-19)13-27-22(30)28-14-20-4-3-5-21(12-20)15-29-10-1-2-11-29/h3-9,12H,1-2,10-11,13-17H2,(H2,27,28,30). The van der Waals surface area contributed by atoms with Crippen LogP contribution in [0.1, 0.15) is 35.1 Å². The van der Waals surface area contributed by atoms with E-state index >= 15 is 0 Å². The molecule has 1 heterocycles. The van der Waals surface area contributed by atoms with Gasteiger partial charge in [0.1, 0.15) is 6.61 Å². The van der Waals surface area contributed by atoms with E-state index in [1.165, 1.54) is 18.4 Å². The van der Waals surface area contributed by atoms with Crippen molar-refractivity contribution in [2.75, 3.05) is 19.7 Å². The number of nitrogens with one attached hydrogen (secondary N) is 2. The molecule has 3 rings (SSSR count). The molecule has 2 N–H and O–H groups in total. The number of alkyl halides is 3. The molecular formula is C23H28F3N3O2. The molecule has 8 heteroatoms. The molecule has 1 saturated heterocycles. The Bertz CT molecular complexity index is 835. The summed E-state index contributed by atoms with van der Waals surface area (Å²) in [6.45, 7) is 2.62. The molecule has 1 aliphatic heterocycles. The summed E-state index contributed by atoms with van der Waals surface area (Å²) in [6, 6.07) is 14.9. The van der Waals surface area contributed by atoms with E-state index in [-0.39, 0.29) is 12.6 Å². The van der Waals surface area contributed by atoms with Crippen LogP contribution >= 0.6 is 0 Å². The number of carbonyl (C=O) groups is 1. The fourth-order valence-electron chi connectivity index (χ4n) is 3.50. The highest BCUT2D eigenvalue weighted by molar-refractivity contribution is 5.73. The predicted molar refractivity (Wildman–Crippen MR) is 112 cm³/mol. The van der Waals surface area contributed by atoms with Crippen LogP contribution in [-0.2, 0) is 31.0 Å². The van der Waals surface area contributed by atoms with Crippen molar-refractivity contribution in [1.82, 2.24) is 15.5 Å². The SMILES string of the molecule is O=C(NCc1ccc(COCC(F)(F)F)cc1)NCc1cccc(CN2CCCC2)c1. The topological polar surface area (TPSA) is 53.6 Å². The van der Waals surface area contributed by atoms with Gasteiger partial charge < -0.3 is 15.4 Å². The Balaban J connectivity index is 1.37. The quantitative estimate of drug-likeness (QED) is 0.615. The average Bonchev–Trinajstić information content (AvgIpc) is 3.24. The van der Waals surface area contributed by atoms with Crippen molar-refractivity contribution in [3.63, 3.8) is 0 Å². The Morgan fingerprint density at radius 3 is 2.19 bits per heavy atom. The number of urea groups is 1. The smallest absolute Gasteiger partial charge is 0.367 e. The lowest BCUT2D eigenvalue weighted by molar-refractivity contribution is -0.176. The largest absolute Gasteiger partial charge is 0.411 e.